The van der Waals surface area contributed by atoms with Crippen molar-refractivity contribution in [1.29, 1.82) is 0 Å². The second-order valence-electron chi connectivity index (χ2n) is 3.86. The van der Waals surface area contributed by atoms with Crippen molar-refractivity contribution < 1.29 is 4.74 Å². The van der Waals surface area contributed by atoms with Crippen LogP contribution in [0.2, 0.25) is 5.02 Å². The maximum Gasteiger partial charge on any atom is 0.137 e. The molecule has 1 aromatic heterocycles. The normalized spacial score (nSPS) is 12.4. The van der Waals surface area contributed by atoms with E-state index in [0.717, 1.165) is 17.9 Å². The molecule has 2 rings (SSSR count). The summed E-state index contributed by atoms with van der Waals surface area (Å²) >= 11 is 6.03. The number of halogens is 1. The molecule has 5 heteroatoms. The Labute approximate surface area is 111 Å². The summed E-state index contributed by atoms with van der Waals surface area (Å²) in [5.41, 5.74) is 1.06. The van der Waals surface area contributed by atoms with Gasteiger partial charge in [-0.05, 0) is 24.2 Å². The summed E-state index contributed by atoms with van der Waals surface area (Å²) < 4.78 is 5.24. The fraction of sp³-hybridized carbons (Fsp3) is 0.308. The van der Waals surface area contributed by atoms with Crippen molar-refractivity contribution in [3.63, 3.8) is 0 Å². The topological polar surface area (TPSA) is 49.9 Å². The second kappa shape index (κ2) is 5.89. The summed E-state index contributed by atoms with van der Waals surface area (Å²) in [6.45, 7) is 2.90. The maximum absolute atomic E-state index is 6.03. The minimum absolute atomic E-state index is 0.0103. The fourth-order valence-corrected chi connectivity index (χ4v) is 2.06. The zero-order valence-corrected chi connectivity index (χ0v) is 11.2. The largest absolute Gasteiger partial charge is 0.495 e. The van der Waals surface area contributed by atoms with Crippen molar-refractivity contribution >= 4 is 11.6 Å². The van der Waals surface area contributed by atoms with Gasteiger partial charge in [-0.25, -0.2) is 4.98 Å². The van der Waals surface area contributed by atoms with Crippen molar-refractivity contribution in [3.05, 3.63) is 47.0 Å². The second-order valence-corrected chi connectivity index (χ2v) is 4.27. The van der Waals surface area contributed by atoms with Crippen molar-refractivity contribution in [3.8, 4) is 5.75 Å². The molecule has 2 N–H and O–H groups in total. The van der Waals surface area contributed by atoms with Gasteiger partial charge in [-0.15, -0.1) is 0 Å². The van der Waals surface area contributed by atoms with Gasteiger partial charge >= 0.3 is 0 Å². The molecule has 0 aliphatic rings. The van der Waals surface area contributed by atoms with E-state index in [9.17, 15) is 0 Å². The predicted octanol–water partition coefficient (Wildman–Crippen LogP) is 2.77. The molecule has 0 radical (unpaired) electrons. The van der Waals surface area contributed by atoms with E-state index >= 15 is 0 Å². The van der Waals surface area contributed by atoms with E-state index in [0.29, 0.717) is 10.8 Å². The smallest absolute Gasteiger partial charge is 0.137 e. The number of hydrogen-bond donors (Lipinski definition) is 2. The lowest BCUT2D eigenvalue weighted by Crippen LogP contribution is -2.23. The zero-order chi connectivity index (χ0) is 13.0. The van der Waals surface area contributed by atoms with Gasteiger partial charge in [-0.1, -0.05) is 24.6 Å². The van der Waals surface area contributed by atoms with E-state index in [1.165, 1.54) is 0 Å². The van der Waals surface area contributed by atoms with Gasteiger partial charge < -0.3 is 15.0 Å². The van der Waals surface area contributed by atoms with Crippen LogP contribution in [0.15, 0.2) is 30.6 Å². The van der Waals surface area contributed by atoms with Crippen LogP contribution in [-0.2, 0) is 0 Å². The van der Waals surface area contributed by atoms with E-state index in [4.69, 9.17) is 16.3 Å². The number of benzene rings is 1. The minimum atomic E-state index is 0.0103. The third kappa shape index (κ3) is 2.66. The molecule has 2 aromatic rings. The number of aromatic nitrogens is 2. The molecular formula is C13H16ClN3O. The number of nitrogens with one attached hydrogen (secondary N) is 2. The van der Waals surface area contributed by atoms with Crippen LogP contribution in [0.1, 0.15) is 24.4 Å². The van der Waals surface area contributed by atoms with E-state index in [1.54, 1.807) is 13.3 Å². The molecule has 0 bridgehead atoms. The lowest BCUT2D eigenvalue weighted by atomic mass is 10.1. The monoisotopic (exact) mass is 265 g/mol. The van der Waals surface area contributed by atoms with Gasteiger partial charge in [0.15, 0.2) is 0 Å². The molecular weight excluding hydrogens is 250 g/mol. The van der Waals surface area contributed by atoms with Gasteiger partial charge in [-0.3, -0.25) is 0 Å². The first-order chi connectivity index (χ1) is 8.76. The van der Waals surface area contributed by atoms with Gasteiger partial charge in [0.25, 0.3) is 0 Å². The third-order valence-corrected chi connectivity index (χ3v) is 3.02. The van der Waals surface area contributed by atoms with Gasteiger partial charge in [0.2, 0.25) is 0 Å². The van der Waals surface area contributed by atoms with Crippen molar-refractivity contribution in [2.75, 3.05) is 13.7 Å². The number of aromatic amines is 1. The molecule has 1 unspecified atom stereocenters. The van der Waals surface area contributed by atoms with Crippen LogP contribution in [-0.4, -0.2) is 23.6 Å². The van der Waals surface area contributed by atoms with Crippen LogP contribution in [0, 0.1) is 0 Å². The Morgan fingerprint density at radius 1 is 1.50 bits per heavy atom. The maximum atomic E-state index is 6.03. The first-order valence-electron chi connectivity index (χ1n) is 5.82. The molecule has 1 heterocycles. The number of methoxy groups -OCH3 is 1. The summed E-state index contributed by atoms with van der Waals surface area (Å²) in [7, 11) is 1.61. The molecule has 0 fully saturated rings. The molecule has 18 heavy (non-hydrogen) atoms. The Bertz CT molecular complexity index is 499. The Morgan fingerprint density at radius 3 is 2.94 bits per heavy atom. The summed E-state index contributed by atoms with van der Waals surface area (Å²) in [6, 6.07) is 5.75. The molecule has 0 spiro atoms. The highest BCUT2D eigenvalue weighted by Gasteiger charge is 2.16. The fourth-order valence-electron chi connectivity index (χ4n) is 1.87. The van der Waals surface area contributed by atoms with Crippen LogP contribution in [0.25, 0.3) is 0 Å². The molecule has 4 nitrogen and oxygen atoms in total. The van der Waals surface area contributed by atoms with E-state index in [1.807, 2.05) is 24.4 Å². The summed E-state index contributed by atoms with van der Waals surface area (Å²) in [6.07, 6.45) is 3.56. The quantitative estimate of drug-likeness (QED) is 0.874. The Kier molecular flexibility index (Phi) is 4.23. The SMILES string of the molecule is CCNC(c1ccc(Cl)c(OC)c1)c1ncc[nH]1. The first kappa shape index (κ1) is 12.9. The molecule has 0 aliphatic carbocycles. The van der Waals surface area contributed by atoms with E-state index in [-0.39, 0.29) is 6.04 Å². The molecule has 0 saturated carbocycles. The number of imidazole rings is 1. The Morgan fingerprint density at radius 2 is 2.33 bits per heavy atom. The zero-order valence-electron chi connectivity index (χ0n) is 10.4. The van der Waals surface area contributed by atoms with Crippen LogP contribution < -0.4 is 10.1 Å². The first-order valence-corrected chi connectivity index (χ1v) is 6.20. The van der Waals surface area contributed by atoms with Gasteiger partial charge in [0.1, 0.15) is 11.6 Å². The molecule has 96 valence electrons. The standard InChI is InChI=1S/C13H16ClN3O/c1-3-15-12(13-16-6-7-17-13)9-4-5-10(14)11(8-9)18-2/h4-8,12,15H,3H2,1-2H3,(H,16,17). The summed E-state index contributed by atoms with van der Waals surface area (Å²) in [4.78, 5) is 7.42. The third-order valence-electron chi connectivity index (χ3n) is 2.71. The van der Waals surface area contributed by atoms with E-state index in [2.05, 4.69) is 22.2 Å². The average Bonchev–Trinajstić information content (AvgIpc) is 2.90. The van der Waals surface area contributed by atoms with Crippen LogP contribution in [0.3, 0.4) is 0 Å². The van der Waals surface area contributed by atoms with Crippen LogP contribution >= 0.6 is 11.6 Å². The number of rotatable bonds is 5. The van der Waals surface area contributed by atoms with E-state index < -0.39 is 0 Å². The summed E-state index contributed by atoms with van der Waals surface area (Å²) in [5.74, 6) is 1.55. The predicted molar refractivity (Wildman–Crippen MR) is 72.1 cm³/mol. The number of hydrogen-bond acceptors (Lipinski definition) is 3. The minimum Gasteiger partial charge on any atom is -0.495 e. The van der Waals surface area contributed by atoms with Crippen LogP contribution in [0.5, 0.6) is 5.75 Å². The lowest BCUT2D eigenvalue weighted by molar-refractivity contribution is 0.413. The Balaban J connectivity index is 2.36. The highest BCUT2D eigenvalue weighted by Crippen LogP contribution is 2.29. The molecule has 1 aromatic carbocycles. The number of H-pyrrole nitrogens is 1. The van der Waals surface area contributed by atoms with Gasteiger partial charge in [-0.2, -0.15) is 0 Å². The average molecular weight is 266 g/mol. The number of ether oxygens (including phenoxy) is 1. The summed E-state index contributed by atoms with van der Waals surface area (Å²) in [5, 5.41) is 3.99. The Hall–Kier alpha value is -1.52. The van der Waals surface area contributed by atoms with Gasteiger partial charge in [0.05, 0.1) is 18.2 Å². The lowest BCUT2D eigenvalue weighted by Gasteiger charge is -2.17. The van der Waals surface area contributed by atoms with Crippen molar-refractivity contribution in [2.24, 2.45) is 0 Å². The number of nitrogens with zero attached hydrogens (tertiary/aromatic N) is 1. The molecule has 0 aliphatic heterocycles. The molecule has 0 amide bonds. The highest BCUT2D eigenvalue weighted by molar-refractivity contribution is 6.32. The van der Waals surface area contributed by atoms with Crippen molar-refractivity contribution in [1.82, 2.24) is 15.3 Å². The van der Waals surface area contributed by atoms with Gasteiger partial charge in [0, 0.05) is 12.4 Å². The molecule has 0 saturated heterocycles. The van der Waals surface area contributed by atoms with Crippen LogP contribution in [0.4, 0.5) is 0 Å². The molecule has 1 atom stereocenters. The highest BCUT2D eigenvalue weighted by atomic mass is 35.5. The van der Waals surface area contributed by atoms with Crippen molar-refractivity contribution in [2.45, 2.75) is 13.0 Å².